The van der Waals surface area contributed by atoms with E-state index in [-0.39, 0.29) is 16.7 Å². The van der Waals surface area contributed by atoms with E-state index in [9.17, 15) is 14.7 Å². The largest absolute Gasteiger partial charge is 0.503 e. The number of morpholine rings is 1. The topological polar surface area (TPSA) is 83.2 Å². The van der Waals surface area contributed by atoms with E-state index in [1.54, 1.807) is 11.0 Å². The number of carbonyl (C=O) groups excluding carboxylic acids is 2. The molecule has 1 fully saturated rings. The van der Waals surface area contributed by atoms with Crippen LogP contribution in [0.1, 0.15) is 60.5 Å². The number of aryl methyl sites for hydroxylation is 1. The van der Waals surface area contributed by atoms with Crippen molar-refractivity contribution < 1.29 is 23.8 Å². The summed E-state index contributed by atoms with van der Waals surface area (Å²) in [5.74, 6) is -1.37. The number of hydrogen-bond acceptors (Lipinski definition) is 6. The molecule has 1 amide bonds. The number of fused-ring (bicyclic) bond motifs is 1. The van der Waals surface area contributed by atoms with Gasteiger partial charge in [0.2, 0.25) is 5.78 Å². The first-order valence-corrected chi connectivity index (χ1v) is 13.3. The maximum Gasteiger partial charge on any atom is 0.290 e. The van der Waals surface area contributed by atoms with Crippen LogP contribution in [0.4, 0.5) is 0 Å². The number of ketones is 1. The number of amides is 1. The molecular weight excluding hydrogens is 480 g/mol. The zero-order chi connectivity index (χ0) is 27.0. The van der Waals surface area contributed by atoms with Crippen molar-refractivity contribution in [3.05, 3.63) is 82.3 Å². The SMILES string of the molecule is Cc1ccc2oc(C(=O)C3=C(O)C(=O)N(CCCN4CCOCC4)C3c3ccc(C(C)(C)C)cc3)cc2c1. The summed E-state index contributed by atoms with van der Waals surface area (Å²) in [6.45, 7) is 12.8. The first-order valence-electron chi connectivity index (χ1n) is 13.3. The molecule has 1 aromatic heterocycles. The number of aliphatic hydroxyl groups excluding tert-OH is 1. The first-order chi connectivity index (χ1) is 18.1. The van der Waals surface area contributed by atoms with Crippen LogP contribution < -0.4 is 0 Å². The van der Waals surface area contributed by atoms with Crippen LogP contribution in [0.5, 0.6) is 0 Å². The summed E-state index contributed by atoms with van der Waals surface area (Å²) in [5.41, 5.74) is 3.62. The van der Waals surface area contributed by atoms with Gasteiger partial charge in [0.25, 0.3) is 5.91 Å². The third kappa shape index (κ3) is 5.13. The molecule has 1 saturated heterocycles. The van der Waals surface area contributed by atoms with Crippen LogP contribution >= 0.6 is 0 Å². The number of benzene rings is 2. The number of rotatable bonds is 7. The second-order valence-electron chi connectivity index (χ2n) is 11.3. The zero-order valence-corrected chi connectivity index (χ0v) is 22.6. The minimum atomic E-state index is -0.691. The van der Waals surface area contributed by atoms with Gasteiger partial charge in [-0.05, 0) is 48.1 Å². The molecule has 0 radical (unpaired) electrons. The van der Waals surface area contributed by atoms with E-state index in [2.05, 4.69) is 25.7 Å². The minimum absolute atomic E-state index is 0.0368. The van der Waals surface area contributed by atoms with Crippen LogP contribution in [0, 0.1) is 6.92 Å². The number of nitrogens with zero attached hydrogens (tertiary/aromatic N) is 2. The van der Waals surface area contributed by atoms with E-state index in [1.807, 2.05) is 49.4 Å². The van der Waals surface area contributed by atoms with E-state index in [4.69, 9.17) is 9.15 Å². The Hall–Kier alpha value is -3.42. The van der Waals surface area contributed by atoms with Crippen molar-refractivity contribution >= 4 is 22.7 Å². The molecule has 1 unspecified atom stereocenters. The van der Waals surface area contributed by atoms with Crippen LogP contribution in [0.25, 0.3) is 11.0 Å². The molecule has 7 nitrogen and oxygen atoms in total. The normalized spacial score (nSPS) is 19.1. The summed E-state index contributed by atoms with van der Waals surface area (Å²) in [6.07, 6.45) is 0.723. The summed E-state index contributed by atoms with van der Waals surface area (Å²) in [5, 5.41) is 11.9. The maximum absolute atomic E-state index is 13.8. The highest BCUT2D eigenvalue weighted by Gasteiger charge is 2.44. The highest BCUT2D eigenvalue weighted by Crippen LogP contribution is 2.40. The molecule has 2 aliphatic rings. The van der Waals surface area contributed by atoms with E-state index in [1.165, 1.54) is 0 Å². The lowest BCUT2D eigenvalue weighted by atomic mass is 9.85. The zero-order valence-electron chi connectivity index (χ0n) is 22.6. The Morgan fingerprint density at radius 1 is 1.03 bits per heavy atom. The van der Waals surface area contributed by atoms with Crippen molar-refractivity contribution in [1.82, 2.24) is 9.80 Å². The smallest absolute Gasteiger partial charge is 0.290 e. The van der Waals surface area contributed by atoms with Gasteiger partial charge < -0.3 is 19.2 Å². The molecule has 200 valence electrons. The van der Waals surface area contributed by atoms with E-state index in [0.717, 1.165) is 48.1 Å². The number of carbonyl (C=O) groups is 2. The highest BCUT2D eigenvalue weighted by molar-refractivity contribution is 6.16. The Morgan fingerprint density at radius 3 is 2.42 bits per heavy atom. The second kappa shape index (κ2) is 10.4. The van der Waals surface area contributed by atoms with Crippen LogP contribution in [0.3, 0.4) is 0 Å². The number of furan rings is 1. The molecule has 0 spiro atoms. The molecule has 0 bridgehead atoms. The first kappa shape index (κ1) is 26.2. The Balaban J connectivity index is 1.47. The van der Waals surface area contributed by atoms with E-state index >= 15 is 0 Å². The molecule has 5 rings (SSSR count). The molecule has 38 heavy (non-hydrogen) atoms. The Bertz CT molecular complexity index is 1370. The third-order valence-electron chi connectivity index (χ3n) is 7.51. The fourth-order valence-corrected chi connectivity index (χ4v) is 5.33. The van der Waals surface area contributed by atoms with Gasteiger partial charge >= 0.3 is 0 Å². The standard InChI is InChI=1S/C31H36N2O5/c1-20-6-11-24-22(18-20)19-25(38-24)28(34)26-27(21-7-9-23(10-8-21)31(2,3)4)33(30(36)29(26)35)13-5-12-32-14-16-37-17-15-32/h6-11,18-19,27,35H,5,12-17H2,1-4H3. The molecule has 7 heteroatoms. The number of aliphatic hydroxyl groups is 1. The fourth-order valence-electron chi connectivity index (χ4n) is 5.33. The molecule has 0 saturated carbocycles. The average molecular weight is 517 g/mol. The highest BCUT2D eigenvalue weighted by atomic mass is 16.5. The predicted molar refractivity (Wildman–Crippen MR) is 146 cm³/mol. The van der Waals surface area contributed by atoms with Crippen LogP contribution in [0.15, 0.2) is 64.3 Å². The van der Waals surface area contributed by atoms with Gasteiger partial charge in [0.15, 0.2) is 11.5 Å². The maximum atomic E-state index is 13.8. The summed E-state index contributed by atoms with van der Waals surface area (Å²) in [7, 11) is 0. The summed E-state index contributed by atoms with van der Waals surface area (Å²) in [6, 6.07) is 14.7. The van der Waals surface area contributed by atoms with Gasteiger partial charge in [-0.1, -0.05) is 56.7 Å². The minimum Gasteiger partial charge on any atom is -0.503 e. The van der Waals surface area contributed by atoms with Gasteiger partial charge in [-0.15, -0.1) is 0 Å². The molecule has 0 aliphatic carbocycles. The van der Waals surface area contributed by atoms with Gasteiger partial charge in [0.1, 0.15) is 5.58 Å². The van der Waals surface area contributed by atoms with Crippen LogP contribution in [-0.4, -0.2) is 66.0 Å². The lowest BCUT2D eigenvalue weighted by Gasteiger charge is -2.30. The lowest BCUT2D eigenvalue weighted by Crippen LogP contribution is -2.39. The number of ether oxygens (including phenoxy) is 1. The van der Waals surface area contributed by atoms with Crippen molar-refractivity contribution in [2.45, 2.75) is 45.6 Å². The Kier molecular flexibility index (Phi) is 7.16. The van der Waals surface area contributed by atoms with Gasteiger partial charge in [-0.25, -0.2) is 0 Å². The van der Waals surface area contributed by atoms with E-state index < -0.39 is 23.5 Å². The summed E-state index contributed by atoms with van der Waals surface area (Å²) < 4.78 is 11.3. The number of hydrogen-bond donors (Lipinski definition) is 1. The Labute approximate surface area is 223 Å². The van der Waals surface area contributed by atoms with Crippen molar-refractivity contribution in [3.63, 3.8) is 0 Å². The molecule has 1 N–H and O–H groups in total. The van der Waals surface area contributed by atoms with E-state index in [0.29, 0.717) is 25.3 Å². The van der Waals surface area contributed by atoms with Crippen molar-refractivity contribution in [1.29, 1.82) is 0 Å². The molecular formula is C31H36N2O5. The molecule has 1 atom stereocenters. The van der Waals surface area contributed by atoms with Gasteiger partial charge in [0.05, 0.1) is 24.8 Å². The number of Topliss-reactive ketones (excluding diaryl/α,β-unsaturated/α-hetero) is 1. The summed E-state index contributed by atoms with van der Waals surface area (Å²) in [4.78, 5) is 31.1. The predicted octanol–water partition coefficient (Wildman–Crippen LogP) is 5.34. The monoisotopic (exact) mass is 516 g/mol. The molecule has 2 aromatic carbocycles. The molecule has 2 aliphatic heterocycles. The fraction of sp³-hybridized carbons (Fsp3) is 0.419. The third-order valence-corrected chi connectivity index (χ3v) is 7.51. The quantitative estimate of drug-likeness (QED) is 0.427. The molecule has 3 heterocycles. The van der Waals surface area contributed by atoms with Crippen molar-refractivity contribution in [2.75, 3.05) is 39.4 Å². The van der Waals surface area contributed by atoms with Crippen molar-refractivity contribution in [2.24, 2.45) is 0 Å². The summed E-state index contributed by atoms with van der Waals surface area (Å²) >= 11 is 0. The molecule has 3 aromatic rings. The van der Waals surface area contributed by atoms with Gasteiger partial charge in [-0.2, -0.15) is 0 Å². The van der Waals surface area contributed by atoms with Gasteiger partial charge in [-0.3, -0.25) is 14.5 Å². The van der Waals surface area contributed by atoms with Gasteiger partial charge in [0, 0.05) is 31.6 Å². The lowest BCUT2D eigenvalue weighted by molar-refractivity contribution is -0.129. The second-order valence-corrected chi connectivity index (χ2v) is 11.3. The Morgan fingerprint density at radius 2 is 1.74 bits per heavy atom. The van der Waals surface area contributed by atoms with Crippen LogP contribution in [0.2, 0.25) is 0 Å². The van der Waals surface area contributed by atoms with Crippen LogP contribution in [-0.2, 0) is 14.9 Å². The van der Waals surface area contributed by atoms with Crippen molar-refractivity contribution in [3.8, 4) is 0 Å². The average Bonchev–Trinajstić information content (AvgIpc) is 3.42.